The van der Waals surface area contributed by atoms with E-state index in [1.54, 1.807) is 13.8 Å². The maximum Gasteiger partial charge on any atom is 0.430 e. The molecule has 2 atom stereocenters. The SMILES string of the molecule is COC(=O)[C@@H](C)CNCCC(=O)Nc1c(Cl)ncnc1NCc1ncccc1F.COC(=O)[C@@H](C)C[NH3+].O=C(CCCl)Nc1c(Cl)ncnc1NCc1ncccc1F.O=C([O-])C(F)(F)F. The number of amides is 2. The van der Waals surface area contributed by atoms with Crippen LogP contribution in [0.3, 0.4) is 0 Å². The summed E-state index contributed by atoms with van der Waals surface area (Å²) in [5, 5.41) is 22.9. The van der Waals surface area contributed by atoms with Crippen LogP contribution in [0, 0.1) is 23.5 Å². The second-order valence-electron chi connectivity index (χ2n) is 12.8. The molecular formula is C38H46Cl3F5N12O8. The van der Waals surface area contributed by atoms with E-state index in [0.29, 0.717) is 19.6 Å². The molecule has 0 saturated carbocycles. The Labute approximate surface area is 389 Å². The summed E-state index contributed by atoms with van der Waals surface area (Å²) in [5.41, 5.74) is 4.38. The fourth-order valence-electron chi connectivity index (χ4n) is 4.26. The highest BCUT2D eigenvalue weighted by Crippen LogP contribution is 2.28. The molecule has 4 aromatic heterocycles. The quantitative estimate of drug-likeness (QED) is 0.0274. The topological polar surface area (TPSA) is 292 Å². The highest BCUT2D eigenvalue weighted by Gasteiger charge is 2.29. The number of rotatable bonds is 18. The third kappa shape index (κ3) is 22.2. The van der Waals surface area contributed by atoms with Crippen LogP contribution in [-0.4, -0.2) is 106 Å². The van der Waals surface area contributed by atoms with Crippen molar-refractivity contribution in [2.45, 2.75) is 46.0 Å². The minimum atomic E-state index is -5.19. The molecule has 0 aliphatic heterocycles. The van der Waals surface area contributed by atoms with Crippen LogP contribution in [0.1, 0.15) is 38.1 Å². The Morgan fingerprint density at radius 1 is 0.742 bits per heavy atom. The minimum Gasteiger partial charge on any atom is -0.542 e. The minimum absolute atomic E-state index is 0.0459. The number of carbonyl (C=O) groups excluding carboxylic acids is 5. The molecule has 0 aliphatic rings. The van der Waals surface area contributed by atoms with Gasteiger partial charge in [-0.3, -0.25) is 29.1 Å². The van der Waals surface area contributed by atoms with Crippen LogP contribution >= 0.6 is 34.8 Å². The summed E-state index contributed by atoms with van der Waals surface area (Å²) in [4.78, 5) is 78.0. The number of quaternary nitrogens is 1. The molecule has 4 aromatic rings. The maximum atomic E-state index is 13.7. The first kappa shape index (κ1) is 57.9. The van der Waals surface area contributed by atoms with Crippen molar-refractivity contribution in [1.82, 2.24) is 35.2 Å². The van der Waals surface area contributed by atoms with Crippen LogP contribution in [0.15, 0.2) is 49.3 Å². The van der Waals surface area contributed by atoms with Gasteiger partial charge in [0.25, 0.3) is 0 Å². The third-order valence-electron chi connectivity index (χ3n) is 7.82. The van der Waals surface area contributed by atoms with Gasteiger partial charge < -0.3 is 51.7 Å². The second kappa shape index (κ2) is 30.9. The molecule has 0 saturated heterocycles. The van der Waals surface area contributed by atoms with Crippen molar-refractivity contribution in [1.29, 1.82) is 0 Å². The van der Waals surface area contributed by atoms with Crippen molar-refractivity contribution in [3.8, 4) is 0 Å². The fraction of sp³-hybridized carbons (Fsp3) is 0.395. The number of nitrogens with one attached hydrogen (secondary N) is 5. The van der Waals surface area contributed by atoms with Crippen molar-refractivity contribution < 1.29 is 66.2 Å². The Kier molecular flexibility index (Phi) is 27.1. The molecule has 4 rings (SSSR count). The van der Waals surface area contributed by atoms with Gasteiger partial charge in [-0.15, -0.1) is 11.6 Å². The molecule has 20 nitrogen and oxygen atoms in total. The number of anilines is 4. The monoisotopic (exact) mass is 998 g/mol. The first-order valence-corrected chi connectivity index (χ1v) is 20.3. The van der Waals surface area contributed by atoms with E-state index in [1.165, 1.54) is 63.5 Å². The lowest BCUT2D eigenvalue weighted by molar-refractivity contribution is -0.375. The molecule has 0 bridgehead atoms. The van der Waals surface area contributed by atoms with Gasteiger partial charge >= 0.3 is 18.1 Å². The number of methoxy groups -OCH3 is 2. The number of aliphatic carboxylic acids is 1. The highest BCUT2D eigenvalue weighted by molar-refractivity contribution is 6.33. The standard InChI is InChI=1S/C18H22ClFN6O3.C13H12Cl2FN5O.C5H11NO2.C2HF3O2/c1-11(18(28)29-2)8-21-7-5-14(27)26-15-16(19)24-10-25-17(15)23-9-13-12(20)4-3-6-22-13;14-4-3-10(22)21-11-12(15)19-7-20-13(11)18-6-9-8(16)2-1-5-17-9;1-4(3-6)5(7)8-2;3-2(4,5)1(6)7/h3-4,6,10-11,21H,5,7-9H2,1-2H3,(H,26,27)(H,23,24,25);1-2,5,7H,3-4,6H2,(H,21,22)(H,18,19,20);4H,3,6H2,1-2H3;(H,6,7)/t11-;;4-;/m0.0./s1. The van der Waals surface area contributed by atoms with Crippen LogP contribution < -0.4 is 37.4 Å². The van der Waals surface area contributed by atoms with E-state index < -0.39 is 23.8 Å². The summed E-state index contributed by atoms with van der Waals surface area (Å²) in [5.74, 6) is -4.74. The molecule has 0 aromatic carbocycles. The van der Waals surface area contributed by atoms with Gasteiger partial charge in [-0.1, -0.05) is 30.1 Å². The number of pyridine rings is 2. The number of carbonyl (C=O) groups is 5. The van der Waals surface area contributed by atoms with E-state index in [0.717, 1.165) is 0 Å². The molecule has 66 heavy (non-hydrogen) atoms. The summed E-state index contributed by atoms with van der Waals surface area (Å²) in [6.45, 7) is 4.99. The van der Waals surface area contributed by atoms with Crippen LogP contribution in [0.25, 0.3) is 0 Å². The molecule has 362 valence electrons. The zero-order valence-corrected chi connectivity index (χ0v) is 37.9. The largest absolute Gasteiger partial charge is 0.542 e. The van der Waals surface area contributed by atoms with E-state index >= 15 is 0 Å². The number of nitrogens with zero attached hydrogens (tertiary/aromatic N) is 6. The summed E-state index contributed by atoms with van der Waals surface area (Å²) in [6.07, 6.45) is 0.482. The van der Waals surface area contributed by atoms with Crippen molar-refractivity contribution in [2.75, 3.05) is 61.0 Å². The summed E-state index contributed by atoms with van der Waals surface area (Å²) < 4.78 is 67.9. The zero-order valence-electron chi connectivity index (χ0n) is 35.6. The molecular weight excluding hydrogens is 954 g/mol. The second-order valence-corrected chi connectivity index (χ2v) is 13.9. The normalized spacial score (nSPS) is 11.3. The average molecular weight is 1000 g/mol. The van der Waals surface area contributed by atoms with Gasteiger partial charge in [0, 0.05) is 44.2 Å². The number of carboxylic acids is 1. The summed E-state index contributed by atoms with van der Waals surface area (Å²) >= 11 is 17.5. The Hall–Kier alpha value is -6.15. The predicted molar refractivity (Wildman–Crippen MR) is 228 cm³/mol. The smallest absolute Gasteiger partial charge is 0.430 e. The van der Waals surface area contributed by atoms with Gasteiger partial charge in [0.05, 0.1) is 51.2 Å². The number of aromatic nitrogens is 6. The highest BCUT2D eigenvalue weighted by atomic mass is 35.5. The first-order chi connectivity index (χ1) is 31.2. The van der Waals surface area contributed by atoms with Gasteiger partial charge in [-0.25, -0.2) is 28.7 Å². The van der Waals surface area contributed by atoms with Gasteiger partial charge in [0.2, 0.25) is 11.8 Å². The van der Waals surface area contributed by atoms with Crippen molar-refractivity contribution in [3.63, 3.8) is 0 Å². The van der Waals surface area contributed by atoms with E-state index in [-0.39, 0.29) is 112 Å². The van der Waals surface area contributed by atoms with Gasteiger partial charge in [0.1, 0.15) is 47.6 Å². The zero-order chi connectivity index (χ0) is 49.8. The van der Waals surface area contributed by atoms with Gasteiger partial charge in [-0.2, -0.15) is 13.2 Å². The van der Waals surface area contributed by atoms with Gasteiger partial charge in [-0.05, 0) is 31.2 Å². The number of esters is 2. The van der Waals surface area contributed by atoms with E-state index in [2.05, 4.69) is 71.7 Å². The molecule has 0 radical (unpaired) electrons. The lowest BCUT2D eigenvalue weighted by atomic mass is 10.2. The molecule has 2 amide bonds. The van der Waals surface area contributed by atoms with Crippen molar-refractivity contribution >= 4 is 87.5 Å². The molecule has 8 N–H and O–H groups in total. The fourth-order valence-corrected chi connectivity index (χ4v) is 4.80. The lowest BCUT2D eigenvalue weighted by Gasteiger charge is -2.13. The summed E-state index contributed by atoms with van der Waals surface area (Å²) in [7, 11) is 2.71. The molecule has 0 unspecified atom stereocenters. The predicted octanol–water partition coefficient (Wildman–Crippen LogP) is 3.18. The Bertz CT molecular complexity index is 2190. The lowest BCUT2D eigenvalue weighted by Crippen LogP contribution is -2.54. The molecule has 0 spiro atoms. The Morgan fingerprint density at radius 3 is 1.53 bits per heavy atom. The molecule has 0 fully saturated rings. The third-order valence-corrected chi connectivity index (χ3v) is 8.58. The maximum absolute atomic E-state index is 13.7. The van der Waals surface area contributed by atoms with Crippen LogP contribution in [0.2, 0.25) is 10.3 Å². The Balaban J connectivity index is 0.000000513. The molecule has 4 heterocycles. The number of hydrogen-bond donors (Lipinski definition) is 6. The van der Waals surface area contributed by atoms with Crippen LogP contribution in [-0.2, 0) is 46.5 Å². The number of halogens is 8. The number of hydrogen-bond acceptors (Lipinski definition) is 17. The number of ether oxygens (including phenoxy) is 2. The van der Waals surface area contributed by atoms with Crippen molar-refractivity contribution in [2.24, 2.45) is 11.8 Å². The molecule has 0 aliphatic carbocycles. The first-order valence-electron chi connectivity index (χ1n) is 19.0. The number of alkyl halides is 4. The summed E-state index contributed by atoms with van der Waals surface area (Å²) in [6, 6.07) is 5.60. The van der Waals surface area contributed by atoms with Crippen LogP contribution in [0.4, 0.5) is 45.0 Å². The van der Waals surface area contributed by atoms with E-state index in [4.69, 9.17) is 44.7 Å². The van der Waals surface area contributed by atoms with E-state index in [1.807, 2.05) is 0 Å². The van der Waals surface area contributed by atoms with Crippen LogP contribution in [0.5, 0.6) is 0 Å². The Morgan fingerprint density at radius 2 is 1.17 bits per heavy atom. The average Bonchev–Trinajstić information content (AvgIpc) is 3.28. The van der Waals surface area contributed by atoms with E-state index in [9.17, 15) is 41.1 Å². The van der Waals surface area contributed by atoms with Gasteiger partial charge in [0.15, 0.2) is 21.9 Å². The van der Waals surface area contributed by atoms with Crippen molar-refractivity contribution in [3.05, 3.63) is 82.6 Å². The number of carboxylic acid groups (broad SMARTS) is 1. The molecule has 28 heteroatoms.